The van der Waals surface area contributed by atoms with Gasteiger partial charge in [0.15, 0.2) is 0 Å². The van der Waals surface area contributed by atoms with Gasteiger partial charge in [0.2, 0.25) is 0 Å². The van der Waals surface area contributed by atoms with Crippen LogP contribution in [0.25, 0.3) is 0 Å². The Labute approximate surface area is 158 Å². The molecule has 1 fully saturated rings. The predicted molar refractivity (Wildman–Crippen MR) is 103 cm³/mol. The van der Waals surface area contributed by atoms with Crippen molar-refractivity contribution >= 4 is 23.2 Å². The first-order valence-electron chi connectivity index (χ1n) is 8.70. The summed E-state index contributed by atoms with van der Waals surface area (Å²) in [5.74, 6) is 0.741. The van der Waals surface area contributed by atoms with Crippen LogP contribution in [0.15, 0.2) is 48.5 Å². The van der Waals surface area contributed by atoms with Crippen LogP contribution < -0.4 is 10.1 Å². The van der Waals surface area contributed by atoms with E-state index in [9.17, 15) is 5.11 Å². The fourth-order valence-electron chi connectivity index (χ4n) is 3.27. The molecule has 25 heavy (non-hydrogen) atoms. The van der Waals surface area contributed by atoms with E-state index >= 15 is 0 Å². The minimum absolute atomic E-state index is 0.0357. The number of halogens is 2. The third-order valence-corrected chi connectivity index (χ3v) is 5.28. The quantitative estimate of drug-likeness (QED) is 0.776. The monoisotopic (exact) mass is 379 g/mol. The van der Waals surface area contributed by atoms with E-state index in [1.54, 1.807) is 12.1 Å². The highest BCUT2D eigenvalue weighted by atomic mass is 35.5. The maximum Gasteiger partial charge on any atom is 0.126 e. The van der Waals surface area contributed by atoms with Gasteiger partial charge in [-0.15, -0.1) is 0 Å². The minimum Gasteiger partial charge on any atom is -0.488 e. The summed E-state index contributed by atoms with van der Waals surface area (Å²) in [7, 11) is 0. The molecule has 3 nitrogen and oxygen atoms in total. The van der Waals surface area contributed by atoms with Crippen molar-refractivity contribution in [3.05, 3.63) is 64.1 Å². The standard InChI is InChI=1S/C20H23Cl2NO2/c21-15-8-10-16(11-9-15)25-19-7-3-6-18(20(19)24)23-13-12-14-4-1-2-5-17(14)22/h1-2,4-5,8-11,18-20,23-24H,3,6-7,12-13H2/t18-,19+,20+/m0/s1. The van der Waals surface area contributed by atoms with Gasteiger partial charge in [-0.05, 0) is 68.1 Å². The van der Waals surface area contributed by atoms with Gasteiger partial charge >= 0.3 is 0 Å². The summed E-state index contributed by atoms with van der Waals surface area (Å²) in [6.45, 7) is 0.777. The topological polar surface area (TPSA) is 41.5 Å². The Hall–Kier alpha value is -1.26. The Morgan fingerprint density at radius 3 is 2.56 bits per heavy atom. The molecule has 1 aliphatic rings. The number of aliphatic hydroxyl groups excluding tert-OH is 1. The smallest absolute Gasteiger partial charge is 0.126 e. The molecule has 2 N–H and O–H groups in total. The van der Waals surface area contributed by atoms with Crippen LogP contribution in [0.4, 0.5) is 0 Å². The lowest BCUT2D eigenvalue weighted by Gasteiger charge is -2.35. The zero-order valence-electron chi connectivity index (χ0n) is 14.0. The van der Waals surface area contributed by atoms with Crippen LogP contribution in [0.5, 0.6) is 5.75 Å². The fraction of sp³-hybridized carbons (Fsp3) is 0.400. The molecule has 0 amide bonds. The van der Waals surface area contributed by atoms with Crippen LogP contribution >= 0.6 is 23.2 Å². The van der Waals surface area contributed by atoms with Crippen molar-refractivity contribution in [2.75, 3.05) is 6.54 Å². The van der Waals surface area contributed by atoms with E-state index in [-0.39, 0.29) is 12.1 Å². The molecule has 2 aromatic rings. The summed E-state index contributed by atoms with van der Waals surface area (Å²) in [5, 5.41) is 15.6. The molecule has 1 aliphatic carbocycles. The van der Waals surface area contributed by atoms with Crippen molar-refractivity contribution in [3.8, 4) is 5.75 Å². The minimum atomic E-state index is -0.532. The van der Waals surface area contributed by atoms with Crippen LogP contribution in [0.1, 0.15) is 24.8 Å². The van der Waals surface area contributed by atoms with Crippen molar-refractivity contribution in [2.24, 2.45) is 0 Å². The Balaban J connectivity index is 1.52. The van der Waals surface area contributed by atoms with Gasteiger partial charge in [0.05, 0.1) is 0 Å². The van der Waals surface area contributed by atoms with Crippen molar-refractivity contribution in [3.63, 3.8) is 0 Å². The Morgan fingerprint density at radius 2 is 1.80 bits per heavy atom. The second-order valence-electron chi connectivity index (χ2n) is 6.43. The average Bonchev–Trinajstić information content (AvgIpc) is 2.61. The lowest BCUT2D eigenvalue weighted by molar-refractivity contribution is -0.0151. The van der Waals surface area contributed by atoms with Gasteiger partial charge in [-0.3, -0.25) is 0 Å². The fourth-order valence-corrected chi connectivity index (χ4v) is 3.63. The molecule has 0 aliphatic heterocycles. The molecule has 0 spiro atoms. The molecule has 134 valence electrons. The molecule has 0 saturated heterocycles. The lowest BCUT2D eigenvalue weighted by atomic mass is 9.89. The molecule has 2 aromatic carbocycles. The number of aliphatic hydroxyl groups is 1. The molecule has 5 heteroatoms. The third-order valence-electron chi connectivity index (χ3n) is 4.66. The van der Waals surface area contributed by atoms with Crippen LogP contribution in [0.2, 0.25) is 10.0 Å². The number of hydrogen-bond donors (Lipinski definition) is 2. The molecule has 1 saturated carbocycles. The van der Waals surface area contributed by atoms with Gasteiger partial charge in [-0.2, -0.15) is 0 Å². The first-order valence-corrected chi connectivity index (χ1v) is 9.46. The molecular weight excluding hydrogens is 357 g/mol. The maximum atomic E-state index is 10.7. The highest BCUT2D eigenvalue weighted by molar-refractivity contribution is 6.31. The van der Waals surface area contributed by atoms with E-state index in [1.807, 2.05) is 36.4 Å². The van der Waals surface area contributed by atoms with Gasteiger partial charge in [-0.25, -0.2) is 0 Å². The lowest BCUT2D eigenvalue weighted by Crippen LogP contribution is -2.51. The molecule has 0 radical (unpaired) electrons. The van der Waals surface area contributed by atoms with Crippen LogP contribution in [0.3, 0.4) is 0 Å². The van der Waals surface area contributed by atoms with E-state index in [0.717, 1.165) is 48.6 Å². The van der Waals surface area contributed by atoms with Crippen molar-refractivity contribution in [2.45, 2.75) is 43.9 Å². The summed E-state index contributed by atoms with van der Waals surface area (Å²) in [6, 6.07) is 15.2. The number of hydrogen-bond acceptors (Lipinski definition) is 3. The van der Waals surface area contributed by atoms with Gasteiger partial charge in [0.25, 0.3) is 0 Å². The largest absolute Gasteiger partial charge is 0.488 e. The Bertz CT molecular complexity index is 678. The molecule has 0 unspecified atom stereocenters. The molecule has 0 heterocycles. The van der Waals surface area contributed by atoms with E-state index in [0.29, 0.717) is 5.02 Å². The normalized spacial score (nSPS) is 23.4. The van der Waals surface area contributed by atoms with Crippen molar-refractivity contribution in [1.29, 1.82) is 0 Å². The zero-order valence-corrected chi connectivity index (χ0v) is 15.5. The summed E-state index contributed by atoms with van der Waals surface area (Å²) in [6.07, 6.45) is 2.94. The van der Waals surface area contributed by atoms with Crippen LogP contribution in [-0.4, -0.2) is 29.9 Å². The van der Waals surface area contributed by atoms with E-state index in [2.05, 4.69) is 5.32 Å². The number of rotatable bonds is 6. The van der Waals surface area contributed by atoms with E-state index in [1.165, 1.54) is 0 Å². The van der Waals surface area contributed by atoms with Gasteiger partial charge < -0.3 is 15.2 Å². The molecule has 0 aromatic heterocycles. The van der Waals surface area contributed by atoms with Crippen LogP contribution in [-0.2, 0) is 6.42 Å². The van der Waals surface area contributed by atoms with E-state index in [4.69, 9.17) is 27.9 Å². The zero-order chi connectivity index (χ0) is 17.6. The maximum absolute atomic E-state index is 10.7. The molecule has 0 bridgehead atoms. The third kappa shape index (κ3) is 5.11. The van der Waals surface area contributed by atoms with Gasteiger partial charge in [0.1, 0.15) is 18.0 Å². The number of ether oxygens (including phenoxy) is 1. The number of benzene rings is 2. The van der Waals surface area contributed by atoms with Crippen molar-refractivity contribution in [1.82, 2.24) is 5.32 Å². The van der Waals surface area contributed by atoms with E-state index < -0.39 is 6.10 Å². The highest BCUT2D eigenvalue weighted by Crippen LogP contribution is 2.25. The second kappa shape index (κ2) is 8.91. The summed E-state index contributed by atoms with van der Waals surface area (Å²) >= 11 is 12.1. The first-order chi connectivity index (χ1) is 12.1. The Kier molecular flexibility index (Phi) is 6.60. The van der Waals surface area contributed by atoms with Crippen molar-refractivity contribution < 1.29 is 9.84 Å². The SMILES string of the molecule is O[C@@H]1[C@@H](NCCc2ccccc2Cl)CCC[C@H]1Oc1ccc(Cl)cc1. The molecule has 3 rings (SSSR count). The summed E-state index contributed by atoms with van der Waals surface area (Å²) in [4.78, 5) is 0. The van der Waals surface area contributed by atoms with Gasteiger partial charge in [-0.1, -0.05) is 41.4 Å². The Morgan fingerprint density at radius 1 is 1.04 bits per heavy atom. The van der Waals surface area contributed by atoms with Gasteiger partial charge in [0, 0.05) is 16.1 Å². The molecule has 3 atom stereocenters. The molecular formula is C20H23Cl2NO2. The van der Waals surface area contributed by atoms with Crippen LogP contribution in [0, 0.1) is 0 Å². The average molecular weight is 380 g/mol. The predicted octanol–water partition coefficient (Wildman–Crippen LogP) is 4.49. The summed E-state index contributed by atoms with van der Waals surface area (Å²) in [5.41, 5.74) is 1.12. The first kappa shape index (κ1) is 18.5. The summed E-state index contributed by atoms with van der Waals surface area (Å²) < 4.78 is 5.97. The highest BCUT2D eigenvalue weighted by Gasteiger charge is 2.32. The number of nitrogens with one attached hydrogen (secondary N) is 1. The second-order valence-corrected chi connectivity index (χ2v) is 7.28.